The molecule has 2 aliphatic rings. The fourth-order valence-electron chi connectivity index (χ4n) is 7.57. The van der Waals surface area contributed by atoms with Gasteiger partial charge < -0.3 is 14.7 Å². The fourth-order valence-corrected chi connectivity index (χ4v) is 7.57. The third-order valence-corrected chi connectivity index (χ3v) is 10.8. The Labute approximate surface area is 319 Å². The summed E-state index contributed by atoms with van der Waals surface area (Å²) in [5, 5.41) is 13.7. The van der Waals surface area contributed by atoms with Gasteiger partial charge in [0.25, 0.3) is 11.7 Å². The van der Waals surface area contributed by atoms with Crippen LogP contribution in [-0.2, 0) is 21.5 Å². The smallest absolute Gasteiger partial charge is 0.292 e. The molecule has 3 aromatic carbocycles. The van der Waals surface area contributed by atoms with Gasteiger partial charge in [0.05, 0.1) is 17.1 Å². The molecule has 0 bridgehead atoms. The van der Waals surface area contributed by atoms with Gasteiger partial charge >= 0.3 is 0 Å². The number of imide groups is 1. The van der Waals surface area contributed by atoms with Crippen molar-refractivity contribution in [3.63, 3.8) is 0 Å². The number of nitrogens with one attached hydrogen (secondary N) is 2. The number of fused-ring (bicyclic) bond motifs is 1. The number of aromatic nitrogens is 5. The lowest BCUT2D eigenvalue weighted by molar-refractivity contribution is -0.134. The summed E-state index contributed by atoms with van der Waals surface area (Å²) in [6.45, 7) is 10.1. The third kappa shape index (κ3) is 7.49. The Morgan fingerprint density at radius 2 is 1.64 bits per heavy atom. The Morgan fingerprint density at radius 1 is 0.909 bits per heavy atom. The highest BCUT2D eigenvalue weighted by atomic mass is 16.5. The minimum absolute atomic E-state index is 0.0236. The molecule has 55 heavy (non-hydrogen) atoms. The van der Waals surface area contributed by atoms with Crippen LogP contribution in [0, 0.1) is 6.92 Å². The summed E-state index contributed by atoms with van der Waals surface area (Å²) >= 11 is 0. The van der Waals surface area contributed by atoms with E-state index in [1.54, 1.807) is 6.33 Å². The summed E-state index contributed by atoms with van der Waals surface area (Å²) < 4.78 is 7.14. The summed E-state index contributed by atoms with van der Waals surface area (Å²) in [6, 6.07) is 25.4. The van der Waals surface area contributed by atoms with Gasteiger partial charge in [-0.15, -0.1) is 0 Å². The second kappa shape index (κ2) is 14.6. The van der Waals surface area contributed by atoms with Gasteiger partial charge in [-0.2, -0.15) is 10.1 Å². The van der Waals surface area contributed by atoms with Gasteiger partial charge in [0.2, 0.25) is 17.7 Å². The first-order valence-corrected chi connectivity index (χ1v) is 18.8. The van der Waals surface area contributed by atoms with Crippen LogP contribution in [0.15, 0.2) is 89.8 Å². The number of anilines is 1. The molecule has 280 valence electrons. The Bertz CT molecular complexity index is 2380. The first-order valence-electron chi connectivity index (χ1n) is 18.8. The van der Waals surface area contributed by atoms with E-state index in [0.29, 0.717) is 31.2 Å². The van der Waals surface area contributed by atoms with Crippen LogP contribution in [0.1, 0.15) is 97.1 Å². The Morgan fingerprint density at radius 3 is 2.33 bits per heavy atom. The molecule has 2 N–H and O–H groups in total. The molecule has 12 nitrogen and oxygen atoms in total. The summed E-state index contributed by atoms with van der Waals surface area (Å²) in [5.41, 5.74) is 10.00. The van der Waals surface area contributed by atoms with Crippen molar-refractivity contribution in [2.24, 2.45) is 0 Å². The monoisotopic (exact) mass is 736 g/mol. The van der Waals surface area contributed by atoms with Gasteiger partial charge in [-0.3, -0.25) is 19.7 Å². The Balaban J connectivity index is 0.898. The van der Waals surface area contributed by atoms with Gasteiger partial charge in [0, 0.05) is 54.5 Å². The van der Waals surface area contributed by atoms with Crippen molar-refractivity contribution in [2.45, 2.75) is 77.2 Å². The van der Waals surface area contributed by atoms with Crippen molar-refractivity contribution in [3.8, 4) is 22.4 Å². The number of benzene rings is 3. The van der Waals surface area contributed by atoms with E-state index in [1.165, 1.54) is 11.3 Å². The molecule has 1 atom stereocenters. The highest BCUT2D eigenvalue weighted by molar-refractivity contribution is 6.01. The van der Waals surface area contributed by atoms with E-state index in [9.17, 15) is 14.4 Å². The molecule has 2 fully saturated rings. The van der Waals surface area contributed by atoms with Crippen LogP contribution in [0.4, 0.5) is 5.69 Å². The molecule has 0 radical (unpaired) electrons. The maximum atomic E-state index is 12.7. The highest BCUT2D eigenvalue weighted by Gasteiger charge is 2.29. The van der Waals surface area contributed by atoms with Crippen LogP contribution in [0.5, 0.6) is 0 Å². The number of hydrogen-bond donors (Lipinski definition) is 2. The Hall–Kier alpha value is -6.17. The molecule has 2 saturated heterocycles. The van der Waals surface area contributed by atoms with E-state index in [4.69, 9.17) is 4.52 Å². The minimum atomic E-state index is -0.383. The number of carbonyl (C=O) groups excluding carboxylic acids is 3. The molecular weight excluding hydrogens is 693 g/mol. The lowest BCUT2D eigenvalue weighted by atomic mass is 9.86. The van der Waals surface area contributed by atoms with Crippen molar-refractivity contribution < 1.29 is 18.9 Å². The predicted octanol–water partition coefficient (Wildman–Crippen LogP) is 6.89. The van der Waals surface area contributed by atoms with E-state index < -0.39 is 0 Å². The standard InChI is InChI=1S/C43H44N8O4/c1-26-21-31(9-10-32(26)23-44-41(54)39-48-42(55-49-39)43(2,3)4)38-36-22-33(24-51(36)46-25-45-38)28-11-13-34(14-12-28)50-19-17-29(18-20-50)27-5-7-30(8-6-27)35-15-16-37(52)47-40(35)53/h5-14,21-22,24-25,29,35H,15-20,23H2,1-4H3,(H,44,54)(H,47,52,53)/t35-/m0/s1. The predicted molar refractivity (Wildman–Crippen MR) is 209 cm³/mol. The number of nitrogens with zero attached hydrogens (tertiary/aromatic N) is 6. The zero-order chi connectivity index (χ0) is 38.3. The van der Waals surface area contributed by atoms with Crippen molar-refractivity contribution in [1.82, 2.24) is 35.4 Å². The van der Waals surface area contributed by atoms with E-state index in [1.807, 2.05) is 50.5 Å². The van der Waals surface area contributed by atoms with Crippen molar-refractivity contribution >= 4 is 28.9 Å². The number of aryl methyl sites for hydroxylation is 1. The first-order chi connectivity index (χ1) is 26.5. The van der Waals surface area contributed by atoms with Crippen LogP contribution in [-0.4, -0.2) is 55.5 Å². The lowest BCUT2D eigenvalue weighted by Gasteiger charge is -2.34. The highest BCUT2D eigenvalue weighted by Crippen LogP contribution is 2.34. The van der Waals surface area contributed by atoms with Crippen LogP contribution in [0.2, 0.25) is 0 Å². The molecular formula is C43H44N8O4. The maximum Gasteiger partial charge on any atom is 0.292 e. The molecule has 8 rings (SSSR count). The summed E-state index contributed by atoms with van der Waals surface area (Å²) in [7, 11) is 0. The Kier molecular flexibility index (Phi) is 9.50. The lowest BCUT2D eigenvalue weighted by Crippen LogP contribution is -2.39. The van der Waals surface area contributed by atoms with E-state index >= 15 is 0 Å². The van der Waals surface area contributed by atoms with Crippen molar-refractivity contribution in [2.75, 3.05) is 18.0 Å². The average Bonchev–Trinajstić information content (AvgIpc) is 3.87. The van der Waals surface area contributed by atoms with Crippen molar-refractivity contribution in [3.05, 3.63) is 119 Å². The molecule has 2 aliphatic heterocycles. The van der Waals surface area contributed by atoms with Crippen LogP contribution >= 0.6 is 0 Å². The fraction of sp³-hybridized carbons (Fsp3) is 0.326. The largest absolute Gasteiger partial charge is 0.371 e. The number of piperidine rings is 2. The van der Waals surface area contributed by atoms with E-state index in [-0.39, 0.29) is 34.9 Å². The number of amides is 3. The zero-order valence-electron chi connectivity index (χ0n) is 31.5. The summed E-state index contributed by atoms with van der Waals surface area (Å²) in [4.78, 5) is 47.9. The molecule has 3 amide bonds. The average molecular weight is 737 g/mol. The third-order valence-electron chi connectivity index (χ3n) is 10.8. The van der Waals surface area contributed by atoms with Crippen LogP contribution < -0.4 is 15.5 Å². The zero-order valence-corrected chi connectivity index (χ0v) is 31.5. The molecule has 3 aromatic heterocycles. The second-order valence-corrected chi connectivity index (χ2v) is 15.6. The normalized spacial score (nSPS) is 16.7. The van der Waals surface area contributed by atoms with Crippen LogP contribution in [0.25, 0.3) is 27.9 Å². The summed E-state index contributed by atoms with van der Waals surface area (Å²) in [6.07, 6.45) is 6.68. The van der Waals surface area contributed by atoms with Gasteiger partial charge in [-0.1, -0.05) is 74.5 Å². The maximum absolute atomic E-state index is 12.7. The summed E-state index contributed by atoms with van der Waals surface area (Å²) in [5.74, 6) is -0.0923. The molecule has 5 heterocycles. The van der Waals surface area contributed by atoms with E-state index in [2.05, 4.69) is 96.4 Å². The molecule has 0 saturated carbocycles. The van der Waals surface area contributed by atoms with Gasteiger partial charge in [0.1, 0.15) is 6.33 Å². The van der Waals surface area contributed by atoms with Gasteiger partial charge in [-0.05, 0) is 84.2 Å². The molecule has 12 heteroatoms. The van der Waals surface area contributed by atoms with Gasteiger partial charge in [-0.25, -0.2) is 9.50 Å². The quantitative estimate of drug-likeness (QED) is 0.160. The molecule has 0 unspecified atom stereocenters. The second-order valence-electron chi connectivity index (χ2n) is 15.6. The van der Waals surface area contributed by atoms with Crippen LogP contribution in [0.3, 0.4) is 0 Å². The van der Waals surface area contributed by atoms with E-state index in [0.717, 1.165) is 70.5 Å². The molecule has 6 aromatic rings. The topological polar surface area (TPSA) is 148 Å². The number of rotatable bonds is 8. The van der Waals surface area contributed by atoms with Gasteiger partial charge in [0.15, 0.2) is 0 Å². The number of hydrogen-bond acceptors (Lipinski definition) is 9. The number of carbonyl (C=O) groups is 3. The molecule has 0 spiro atoms. The first kappa shape index (κ1) is 35.8. The minimum Gasteiger partial charge on any atom is -0.371 e. The SMILES string of the molecule is Cc1cc(-c2ncnn3cc(-c4ccc(N5CCC(c6ccc([C@@H]7CCC(=O)NC7=O)cc6)CC5)cc4)cc23)ccc1CNC(=O)c1noc(C(C)(C)C)n1. The molecule has 0 aliphatic carbocycles. The van der Waals surface area contributed by atoms with Crippen molar-refractivity contribution in [1.29, 1.82) is 0 Å².